The molecule has 1 atom stereocenters. The number of carbonyl (C=O) groups excluding carboxylic acids is 1. The predicted molar refractivity (Wildman–Crippen MR) is 125 cm³/mol. The number of pyridine rings is 1. The van der Waals surface area contributed by atoms with Crippen molar-refractivity contribution in [2.75, 3.05) is 24.8 Å². The molecule has 2 aromatic heterocycles. The summed E-state index contributed by atoms with van der Waals surface area (Å²) in [7, 11) is -1.02. The molecule has 4 rings (SSSR count). The third-order valence-corrected chi connectivity index (χ3v) is 6.71. The quantitative estimate of drug-likeness (QED) is 0.568. The van der Waals surface area contributed by atoms with Gasteiger partial charge in [0.2, 0.25) is 0 Å². The zero-order chi connectivity index (χ0) is 22.7. The molecule has 170 valence electrons. The van der Waals surface area contributed by atoms with E-state index < -0.39 is 10.8 Å². The van der Waals surface area contributed by atoms with Crippen molar-refractivity contribution in [2.45, 2.75) is 50.7 Å². The largest absolute Gasteiger partial charge is 0.381 e. The van der Waals surface area contributed by atoms with Gasteiger partial charge in [-0.3, -0.25) is 9.00 Å². The second-order valence-electron chi connectivity index (χ2n) is 7.96. The average molecular weight is 456 g/mol. The molecule has 0 aliphatic carbocycles. The third-order valence-electron chi connectivity index (χ3n) is 5.77. The molecule has 1 aliphatic heterocycles. The summed E-state index contributed by atoms with van der Waals surface area (Å²) >= 11 is 0. The molecule has 0 saturated carbocycles. The Kier molecular flexibility index (Phi) is 6.86. The van der Waals surface area contributed by atoms with Gasteiger partial charge in [0, 0.05) is 54.3 Å². The molecule has 0 radical (unpaired) electrons. The molecule has 9 heteroatoms. The summed E-state index contributed by atoms with van der Waals surface area (Å²) in [6.07, 6.45) is 5.21. The van der Waals surface area contributed by atoms with Crippen LogP contribution in [0.2, 0.25) is 0 Å². The van der Waals surface area contributed by atoms with Crippen LogP contribution in [0.3, 0.4) is 0 Å². The van der Waals surface area contributed by atoms with Crippen molar-refractivity contribution in [1.82, 2.24) is 20.1 Å². The van der Waals surface area contributed by atoms with Crippen molar-refractivity contribution < 1.29 is 13.7 Å². The molecular weight excluding hydrogens is 426 g/mol. The van der Waals surface area contributed by atoms with Gasteiger partial charge in [-0.1, -0.05) is 12.1 Å². The van der Waals surface area contributed by atoms with E-state index in [2.05, 4.69) is 15.7 Å². The van der Waals surface area contributed by atoms with Crippen LogP contribution < -0.4 is 10.6 Å². The van der Waals surface area contributed by atoms with Crippen molar-refractivity contribution in [3.05, 3.63) is 47.3 Å². The highest BCUT2D eigenvalue weighted by molar-refractivity contribution is 7.84. The fourth-order valence-electron chi connectivity index (χ4n) is 3.98. The molecule has 3 heterocycles. The fraction of sp³-hybridized carbons (Fsp3) is 0.435. The van der Waals surface area contributed by atoms with Gasteiger partial charge in [0.15, 0.2) is 5.65 Å². The van der Waals surface area contributed by atoms with E-state index in [0.29, 0.717) is 37.6 Å². The van der Waals surface area contributed by atoms with Gasteiger partial charge in [-0.2, -0.15) is 5.10 Å². The van der Waals surface area contributed by atoms with E-state index in [4.69, 9.17) is 9.72 Å². The summed E-state index contributed by atoms with van der Waals surface area (Å²) < 4.78 is 18.9. The van der Waals surface area contributed by atoms with E-state index in [9.17, 15) is 9.00 Å². The molecule has 1 saturated heterocycles. The molecule has 1 aliphatic rings. The molecule has 0 spiro atoms. The summed E-state index contributed by atoms with van der Waals surface area (Å²) in [5.74, 6) is -0.182. The lowest BCUT2D eigenvalue weighted by Crippen LogP contribution is -2.31. The highest BCUT2D eigenvalue weighted by atomic mass is 32.2. The molecular formula is C23H29N5O3S. The molecule has 2 N–H and O–H groups in total. The molecule has 8 nitrogen and oxygen atoms in total. The van der Waals surface area contributed by atoms with Crippen molar-refractivity contribution in [3.63, 3.8) is 0 Å². The normalized spacial score (nSPS) is 15.6. The van der Waals surface area contributed by atoms with Crippen molar-refractivity contribution >= 4 is 33.4 Å². The van der Waals surface area contributed by atoms with Gasteiger partial charge in [0.05, 0.1) is 28.5 Å². The minimum atomic E-state index is -1.02. The second kappa shape index (κ2) is 9.79. The van der Waals surface area contributed by atoms with Crippen LogP contribution >= 0.6 is 0 Å². The molecule has 1 unspecified atom stereocenters. The lowest BCUT2D eigenvalue weighted by molar-refractivity contribution is 0.0903. The molecule has 32 heavy (non-hydrogen) atoms. The van der Waals surface area contributed by atoms with Crippen LogP contribution in [-0.4, -0.2) is 50.4 Å². The minimum absolute atomic E-state index is 0.182. The zero-order valence-corrected chi connectivity index (χ0v) is 19.5. The number of nitrogens with zero attached hydrogens (tertiary/aromatic N) is 3. The van der Waals surface area contributed by atoms with E-state index in [0.717, 1.165) is 40.0 Å². The Morgan fingerprint density at radius 1 is 1.25 bits per heavy atom. The molecule has 1 amide bonds. The third kappa shape index (κ3) is 4.68. The van der Waals surface area contributed by atoms with Crippen LogP contribution in [-0.2, 0) is 28.6 Å². The first-order chi connectivity index (χ1) is 15.5. The number of aryl methyl sites for hydroxylation is 2. The Hall–Kier alpha value is -2.78. The highest BCUT2D eigenvalue weighted by Gasteiger charge is 2.24. The van der Waals surface area contributed by atoms with Gasteiger partial charge in [-0.15, -0.1) is 0 Å². The monoisotopic (exact) mass is 455 g/mol. The summed E-state index contributed by atoms with van der Waals surface area (Å²) in [5, 5.41) is 11.9. The predicted octanol–water partition coefficient (Wildman–Crippen LogP) is 3.02. The summed E-state index contributed by atoms with van der Waals surface area (Å²) in [5.41, 5.74) is 3.71. The molecule has 1 fully saturated rings. The maximum atomic E-state index is 13.3. The van der Waals surface area contributed by atoms with E-state index in [-0.39, 0.29) is 11.9 Å². The van der Waals surface area contributed by atoms with Gasteiger partial charge in [0.1, 0.15) is 0 Å². The minimum Gasteiger partial charge on any atom is -0.381 e. The lowest BCUT2D eigenvalue weighted by Gasteiger charge is -2.26. The number of hydrogen-bond acceptors (Lipinski definition) is 6. The zero-order valence-electron chi connectivity index (χ0n) is 18.7. The first-order valence-electron chi connectivity index (χ1n) is 10.9. The Bertz CT molecular complexity index is 1140. The van der Waals surface area contributed by atoms with Crippen molar-refractivity contribution in [1.29, 1.82) is 0 Å². The van der Waals surface area contributed by atoms with Crippen LogP contribution in [0.25, 0.3) is 11.0 Å². The van der Waals surface area contributed by atoms with Crippen LogP contribution in [0.5, 0.6) is 0 Å². The Balaban J connectivity index is 1.63. The number of ether oxygens (including phenoxy) is 1. The first kappa shape index (κ1) is 22.4. The number of carbonyl (C=O) groups is 1. The van der Waals surface area contributed by atoms with Gasteiger partial charge >= 0.3 is 0 Å². The smallest absolute Gasteiger partial charge is 0.255 e. The number of fused-ring (bicyclic) bond motifs is 1. The summed E-state index contributed by atoms with van der Waals surface area (Å²) in [6, 6.07) is 7.66. The van der Waals surface area contributed by atoms with Gasteiger partial charge in [-0.25, -0.2) is 9.67 Å². The Labute approximate surface area is 190 Å². The summed E-state index contributed by atoms with van der Waals surface area (Å²) in [4.78, 5) is 18.8. The fourth-order valence-corrected chi connectivity index (χ4v) is 4.50. The number of nitrogens with one attached hydrogen (secondary N) is 2. The number of benzene rings is 1. The summed E-state index contributed by atoms with van der Waals surface area (Å²) in [6.45, 7) is 6.38. The lowest BCUT2D eigenvalue weighted by atomic mass is 10.0. The van der Waals surface area contributed by atoms with Crippen LogP contribution in [0.15, 0.2) is 35.4 Å². The average Bonchev–Trinajstić information content (AvgIpc) is 3.21. The van der Waals surface area contributed by atoms with E-state index in [1.165, 1.54) is 0 Å². The van der Waals surface area contributed by atoms with E-state index in [1.807, 2.05) is 42.8 Å². The van der Waals surface area contributed by atoms with E-state index >= 15 is 0 Å². The maximum Gasteiger partial charge on any atom is 0.255 e. The number of aromatic nitrogens is 3. The Morgan fingerprint density at radius 3 is 2.62 bits per heavy atom. The number of anilines is 1. The SMILES string of the molecule is CCn1ncc2c(NC3CCOCC3)c(C(=O)NCc3ccc(S(C)=O)cc3)c(C)nc21. The van der Waals surface area contributed by atoms with Crippen LogP contribution in [0, 0.1) is 6.92 Å². The molecule has 0 bridgehead atoms. The standard InChI is InChI=1S/C23H29N5O3S/c1-4-28-22-19(14-25-28)21(27-17-9-11-31-12-10-17)20(15(2)26-22)23(29)24-13-16-5-7-18(8-6-16)32(3)30/h5-8,14,17H,4,9-13H2,1-3H3,(H,24,29)(H,26,27). The maximum absolute atomic E-state index is 13.3. The highest BCUT2D eigenvalue weighted by Crippen LogP contribution is 2.30. The van der Waals surface area contributed by atoms with Crippen LogP contribution in [0.1, 0.15) is 41.4 Å². The van der Waals surface area contributed by atoms with Gasteiger partial charge in [0.25, 0.3) is 5.91 Å². The number of hydrogen-bond donors (Lipinski definition) is 2. The van der Waals surface area contributed by atoms with Crippen LogP contribution in [0.4, 0.5) is 5.69 Å². The van der Waals surface area contributed by atoms with Crippen molar-refractivity contribution in [3.8, 4) is 0 Å². The second-order valence-corrected chi connectivity index (χ2v) is 9.34. The van der Waals surface area contributed by atoms with Crippen molar-refractivity contribution in [2.24, 2.45) is 0 Å². The first-order valence-corrected chi connectivity index (χ1v) is 12.4. The number of amides is 1. The van der Waals surface area contributed by atoms with Gasteiger partial charge in [-0.05, 0) is 44.4 Å². The number of rotatable bonds is 7. The van der Waals surface area contributed by atoms with E-state index in [1.54, 1.807) is 12.5 Å². The molecule has 1 aromatic carbocycles. The Morgan fingerprint density at radius 2 is 1.97 bits per heavy atom. The molecule has 3 aromatic rings. The topological polar surface area (TPSA) is 98.1 Å². The van der Waals surface area contributed by atoms with Gasteiger partial charge < -0.3 is 15.4 Å².